The number of rotatable bonds is 5. The maximum atomic E-state index is 12.4. The van der Waals surface area contributed by atoms with Gasteiger partial charge in [-0.1, -0.05) is 35.9 Å². The van der Waals surface area contributed by atoms with Gasteiger partial charge >= 0.3 is 0 Å². The zero-order valence-corrected chi connectivity index (χ0v) is 15.5. The molecule has 0 aliphatic rings. The van der Waals surface area contributed by atoms with Crippen LogP contribution in [0.1, 0.15) is 34.9 Å². The lowest BCUT2D eigenvalue weighted by Gasteiger charge is -2.16. The predicted molar refractivity (Wildman–Crippen MR) is 105 cm³/mol. The molecular formula is C21H18ClN3O2. The summed E-state index contributed by atoms with van der Waals surface area (Å²) in [6.45, 7) is 2.55. The second-order valence-corrected chi connectivity index (χ2v) is 6.78. The number of furan rings is 1. The van der Waals surface area contributed by atoms with Crippen molar-refractivity contribution in [3.05, 3.63) is 89.1 Å². The summed E-state index contributed by atoms with van der Waals surface area (Å²) in [4.78, 5) is 17.1. The van der Waals surface area contributed by atoms with Gasteiger partial charge < -0.3 is 14.3 Å². The van der Waals surface area contributed by atoms with Gasteiger partial charge in [-0.15, -0.1) is 0 Å². The highest BCUT2D eigenvalue weighted by Gasteiger charge is 2.20. The molecule has 0 fully saturated rings. The van der Waals surface area contributed by atoms with E-state index in [4.69, 9.17) is 21.0 Å². The van der Waals surface area contributed by atoms with Crippen LogP contribution < -0.4 is 5.32 Å². The minimum absolute atomic E-state index is 0.266. The first-order chi connectivity index (χ1) is 13.1. The maximum Gasteiger partial charge on any atom is 0.287 e. The second kappa shape index (κ2) is 7.29. The summed E-state index contributed by atoms with van der Waals surface area (Å²) >= 11 is 6.00. The van der Waals surface area contributed by atoms with Crippen molar-refractivity contribution in [2.75, 3.05) is 0 Å². The predicted octanol–water partition coefficient (Wildman–Crippen LogP) is 4.82. The lowest BCUT2D eigenvalue weighted by atomic mass is 10.2. The van der Waals surface area contributed by atoms with Gasteiger partial charge in [-0.2, -0.15) is 0 Å². The molecule has 2 aromatic heterocycles. The number of hydrogen-bond donors (Lipinski definition) is 1. The summed E-state index contributed by atoms with van der Waals surface area (Å²) in [5.41, 5.74) is 3.01. The zero-order valence-electron chi connectivity index (χ0n) is 14.7. The van der Waals surface area contributed by atoms with Crippen LogP contribution in [0.15, 0.2) is 71.3 Å². The van der Waals surface area contributed by atoms with E-state index in [9.17, 15) is 4.79 Å². The van der Waals surface area contributed by atoms with E-state index in [1.54, 1.807) is 12.1 Å². The number of amides is 1. The fourth-order valence-electron chi connectivity index (χ4n) is 3.10. The normalized spacial score (nSPS) is 12.2. The second-order valence-electron chi connectivity index (χ2n) is 6.34. The van der Waals surface area contributed by atoms with E-state index in [1.165, 1.54) is 6.26 Å². The van der Waals surface area contributed by atoms with Crippen LogP contribution in [-0.2, 0) is 6.54 Å². The van der Waals surface area contributed by atoms with Crippen molar-refractivity contribution < 1.29 is 9.21 Å². The SMILES string of the molecule is C[C@H](NC(=O)c1ccco1)c1nc2ccccc2n1Cc1ccc(Cl)cc1. The van der Waals surface area contributed by atoms with Crippen LogP contribution in [0, 0.1) is 0 Å². The molecule has 4 rings (SSSR count). The van der Waals surface area contributed by atoms with Crippen molar-refractivity contribution in [1.29, 1.82) is 0 Å². The van der Waals surface area contributed by atoms with E-state index in [-0.39, 0.29) is 17.7 Å². The first-order valence-corrected chi connectivity index (χ1v) is 9.03. The first kappa shape index (κ1) is 17.4. The Hall–Kier alpha value is -3.05. The highest BCUT2D eigenvalue weighted by molar-refractivity contribution is 6.30. The van der Waals surface area contributed by atoms with Crippen LogP contribution in [0.3, 0.4) is 0 Å². The zero-order chi connectivity index (χ0) is 18.8. The molecule has 1 N–H and O–H groups in total. The average Bonchev–Trinajstić information content (AvgIpc) is 3.32. The fourth-order valence-corrected chi connectivity index (χ4v) is 3.23. The summed E-state index contributed by atoms with van der Waals surface area (Å²) in [7, 11) is 0. The van der Waals surface area contributed by atoms with Crippen molar-refractivity contribution in [1.82, 2.24) is 14.9 Å². The third-order valence-electron chi connectivity index (χ3n) is 4.42. The number of fused-ring (bicyclic) bond motifs is 1. The Morgan fingerprint density at radius 2 is 1.93 bits per heavy atom. The average molecular weight is 380 g/mol. The van der Waals surface area contributed by atoms with Crippen molar-refractivity contribution >= 4 is 28.5 Å². The van der Waals surface area contributed by atoms with Gasteiger partial charge in [0.2, 0.25) is 0 Å². The van der Waals surface area contributed by atoms with Crippen LogP contribution in [0.4, 0.5) is 0 Å². The van der Waals surface area contributed by atoms with Gasteiger partial charge in [0, 0.05) is 11.6 Å². The molecular weight excluding hydrogens is 362 g/mol. The molecule has 136 valence electrons. The molecule has 5 nitrogen and oxygen atoms in total. The number of aromatic nitrogens is 2. The molecule has 0 aliphatic heterocycles. The molecule has 27 heavy (non-hydrogen) atoms. The summed E-state index contributed by atoms with van der Waals surface area (Å²) < 4.78 is 7.29. The van der Waals surface area contributed by atoms with Crippen LogP contribution >= 0.6 is 11.6 Å². The Morgan fingerprint density at radius 1 is 1.15 bits per heavy atom. The van der Waals surface area contributed by atoms with Gasteiger partial charge in [-0.3, -0.25) is 4.79 Å². The van der Waals surface area contributed by atoms with Crippen molar-refractivity contribution in [2.45, 2.75) is 19.5 Å². The molecule has 0 aliphatic carbocycles. The Labute approximate surface area is 161 Å². The highest BCUT2D eigenvalue weighted by atomic mass is 35.5. The minimum atomic E-state index is -0.290. The molecule has 6 heteroatoms. The maximum absolute atomic E-state index is 12.4. The molecule has 0 bridgehead atoms. The molecule has 2 heterocycles. The molecule has 0 unspecified atom stereocenters. The van der Waals surface area contributed by atoms with Gasteiger partial charge in [-0.05, 0) is 48.9 Å². The van der Waals surface area contributed by atoms with E-state index in [1.807, 2.05) is 55.5 Å². The van der Waals surface area contributed by atoms with E-state index < -0.39 is 0 Å². The molecule has 0 radical (unpaired) electrons. The molecule has 1 amide bonds. The topological polar surface area (TPSA) is 60.1 Å². The number of nitrogens with zero attached hydrogens (tertiary/aromatic N) is 2. The third kappa shape index (κ3) is 3.59. The lowest BCUT2D eigenvalue weighted by molar-refractivity contribution is 0.0909. The summed E-state index contributed by atoms with van der Waals surface area (Å²) in [6, 6.07) is 18.7. The summed E-state index contributed by atoms with van der Waals surface area (Å²) in [6.07, 6.45) is 1.48. The smallest absolute Gasteiger partial charge is 0.287 e. The molecule has 1 atom stereocenters. The number of imidazole rings is 1. The van der Waals surface area contributed by atoms with Crippen LogP contribution in [0.25, 0.3) is 11.0 Å². The van der Waals surface area contributed by atoms with E-state index in [2.05, 4.69) is 9.88 Å². The van der Waals surface area contributed by atoms with Crippen molar-refractivity contribution in [3.63, 3.8) is 0 Å². The van der Waals surface area contributed by atoms with Crippen LogP contribution in [0.2, 0.25) is 5.02 Å². The van der Waals surface area contributed by atoms with Gasteiger partial charge in [-0.25, -0.2) is 4.98 Å². The largest absolute Gasteiger partial charge is 0.459 e. The lowest BCUT2D eigenvalue weighted by Crippen LogP contribution is -2.28. The molecule has 0 spiro atoms. The Bertz CT molecular complexity index is 1070. The van der Waals surface area contributed by atoms with E-state index in [0.29, 0.717) is 11.6 Å². The van der Waals surface area contributed by atoms with Gasteiger partial charge in [0.1, 0.15) is 5.82 Å². The third-order valence-corrected chi connectivity index (χ3v) is 4.67. The van der Waals surface area contributed by atoms with E-state index in [0.717, 1.165) is 22.4 Å². The van der Waals surface area contributed by atoms with E-state index >= 15 is 0 Å². The number of benzene rings is 2. The van der Waals surface area contributed by atoms with Crippen LogP contribution in [-0.4, -0.2) is 15.5 Å². The number of carbonyl (C=O) groups excluding carboxylic acids is 1. The number of nitrogens with one attached hydrogen (secondary N) is 1. The highest BCUT2D eigenvalue weighted by Crippen LogP contribution is 2.23. The monoisotopic (exact) mass is 379 g/mol. The minimum Gasteiger partial charge on any atom is -0.459 e. The Kier molecular flexibility index (Phi) is 4.69. The van der Waals surface area contributed by atoms with Gasteiger partial charge in [0.05, 0.1) is 23.3 Å². The summed E-state index contributed by atoms with van der Waals surface area (Å²) in [5.74, 6) is 0.797. The number of halogens is 1. The van der Waals surface area contributed by atoms with Crippen molar-refractivity contribution in [2.24, 2.45) is 0 Å². The standard InChI is InChI=1S/C21H18ClN3O2/c1-14(23-21(26)19-7-4-12-27-19)20-24-17-5-2-3-6-18(17)25(20)13-15-8-10-16(22)11-9-15/h2-12,14H,13H2,1H3,(H,23,26)/t14-/m0/s1. The number of carbonyl (C=O) groups is 1. The number of hydrogen-bond acceptors (Lipinski definition) is 3. The van der Waals surface area contributed by atoms with Crippen LogP contribution in [0.5, 0.6) is 0 Å². The Balaban J connectivity index is 1.68. The molecule has 4 aromatic rings. The van der Waals surface area contributed by atoms with Crippen molar-refractivity contribution in [3.8, 4) is 0 Å². The molecule has 0 saturated carbocycles. The first-order valence-electron chi connectivity index (χ1n) is 8.66. The Morgan fingerprint density at radius 3 is 2.67 bits per heavy atom. The quantitative estimate of drug-likeness (QED) is 0.540. The fraction of sp³-hybridized carbons (Fsp3) is 0.143. The van der Waals surface area contributed by atoms with Gasteiger partial charge in [0.25, 0.3) is 5.91 Å². The molecule has 0 saturated heterocycles. The number of para-hydroxylation sites is 2. The van der Waals surface area contributed by atoms with Gasteiger partial charge in [0.15, 0.2) is 5.76 Å². The summed E-state index contributed by atoms with van der Waals surface area (Å²) in [5, 5.41) is 3.66. The molecule has 2 aromatic carbocycles.